The lowest BCUT2D eigenvalue weighted by Gasteiger charge is -2.51. The zero-order valence-corrected chi connectivity index (χ0v) is 16.1. The molecule has 2 fully saturated rings. The van der Waals surface area contributed by atoms with Crippen molar-refractivity contribution < 1.29 is 9.47 Å². The molecule has 0 aliphatic heterocycles. The molecule has 0 radical (unpaired) electrons. The van der Waals surface area contributed by atoms with Crippen molar-refractivity contribution >= 4 is 47.8 Å². The Hall–Kier alpha value is 0.260. The number of hydrogen-bond donors (Lipinski definition) is 0. The minimum atomic E-state index is 0.325. The number of methoxy groups -OCH3 is 1. The SMILES string of the molecule is COc1cc(Br)c(OC2CC(Br)C23CCCC3)cc1Br. The lowest BCUT2D eigenvalue weighted by Crippen LogP contribution is -2.55. The molecule has 2 aliphatic carbocycles. The number of hydrogen-bond acceptors (Lipinski definition) is 2. The summed E-state index contributed by atoms with van der Waals surface area (Å²) < 4.78 is 13.5. The zero-order valence-electron chi connectivity index (χ0n) is 11.3. The maximum Gasteiger partial charge on any atom is 0.135 e. The molecular formula is C15H17Br3O2. The summed E-state index contributed by atoms with van der Waals surface area (Å²) in [5, 5.41) is 0. The molecule has 1 spiro atoms. The Morgan fingerprint density at radius 1 is 1.10 bits per heavy atom. The molecule has 0 amide bonds. The Kier molecular flexibility index (Phi) is 4.40. The Morgan fingerprint density at radius 3 is 2.30 bits per heavy atom. The molecule has 1 aromatic carbocycles. The third-order valence-electron chi connectivity index (χ3n) is 4.70. The summed E-state index contributed by atoms with van der Waals surface area (Å²) >= 11 is 10.9. The van der Waals surface area contributed by atoms with Crippen LogP contribution in [0.25, 0.3) is 0 Å². The molecule has 2 nitrogen and oxygen atoms in total. The van der Waals surface area contributed by atoms with E-state index in [0.717, 1.165) is 26.9 Å². The van der Waals surface area contributed by atoms with E-state index in [-0.39, 0.29) is 0 Å². The van der Waals surface area contributed by atoms with Crippen LogP contribution < -0.4 is 9.47 Å². The minimum Gasteiger partial charge on any atom is -0.496 e. The Morgan fingerprint density at radius 2 is 1.70 bits per heavy atom. The molecule has 0 N–H and O–H groups in total. The van der Waals surface area contributed by atoms with E-state index >= 15 is 0 Å². The Bertz CT molecular complexity index is 512. The predicted octanol–water partition coefficient (Wildman–Crippen LogP) is 5.70. The van der Waals surface area contributed by atoms with Gasteiger partial charge in [-0.05, 0) is 63.3 Å². The van der Waals surface area contributed by atoms with E-state index in [0.29, 0.717) is 16.3 Å². The minimum absolute atomic E-state index is 0.325. The third-order valence-corrected chi connectivity index (χ3v) is 7.22. The molecule has 0 bridgehead atoms. The van der Waals surface area contributed by atoms with E-state index in [1.807, 2.05) is 12.1 Å². The number of rotatable bonds is 3. The smallest absolute Gasteiger partial charge is 0.135 e. The monoisotopic (exact) mass is 466 g/mol. The van der Waals surface area contributed by atoms with Crippen LogP contribution in [0.15, 0.2) is 21.1 Å². The van der Waals surface area contributed by atoms with Crippen molar-refractivity contribution in [2.24, 2.45) is 5.41 Å². The average molecular weight is 469 g/mol. The van der Waals surface area contributed by atoms with Crippen molar-refractivity contribution in [1.29, 1.82) is 0 Å². The van der Waals surface area contributed by atoms with Gasteiger partial charge in [0.15, 0.2) is 0 Å². The highest BCUT2D eigenvalue weighted by molar-refractivity contribution is 9.11. The summed E-state index contributed by atoms with van der Waals surface area (Å²) in [6, 6.07) is 3.94. The molecule has 0 saturated heterocycles. The van der Waals surface area contributed by atoms with Gasteiger partial charge >= 0.3 is 0 Å². The van der Waals surface area contributed by atoms with Crippen molar-refractivity contribution in [3.05, 3.63) is 21.1 Å². The van der Waals surface area contributed by atoms with Gasteiger partial charge in [0.05, 0.1) is 16.1 Å². The van der Waals surface area contributed by atoms with Gasteiger partial charge in [-0.25, -0.2) is 0 Å². The topological polar surface area (TPSA) is 18.5 Å². The van der Waals surface area contributed by atoms with Gasteiger partial charge in [-0.2, -0.15) is 0 Å². The standard InChI is InChI=1S/C15H17Br3O2/c1-19-11-6-10(17)12(7-9(11)16)20-14-8-13(18)15(14)4-2-3-5-15/h6-7,13-14H,2-5,8H2,1H3. The fourth-order valence-electron chi connectivity index (χ4n) is 3.44. The van der Waals surface area contributed by atoms with E-state index in [1.54, 1.807) is 7.11 Å². The third kappa shape index (κ3) is 2.44. The molecule has 1 aromatic rings. The number of halogens is 3. The van der Waals surface area contributed by atoms with Crippen molar-refractivity contribution in [2.75, 3.05) is 7.11 Å². The molecule has 2 aliphatic rings. The van der Waals surface area contributed by atoms with Crippen LogP contribution in [-0.4, -0.2) is 18.0 Å². The van der Waals surface area contributed by atoms with Crippen LogP contribution in [0, 0.1) is 5.41 Å². The highest BCUT2D eigenvalue weighted by atomic mass is 79.9. The first-order chi connectivity index (χ1) is 9.56. The van der Waals surface area contributed by atoms with Gasteiger partial charge in [0.1, 0.15) is 17.6 Å². The lowest BCUT2D eigenvalue weighted by molar-refractivity contribution is -0.0308. The van der Waals surface area contributed by atoms with E-state index in [4.69, 9.17) is 9.47 Å². The number of alkyl halides is 1. The Balaban J connectivity index is 1.80. The first-order valence-corrected chi connectivity index (χ1v) is 9.41. The van der Waals surface area contributed by atoms with E-state index in [1.165, 1.54) is 25.7 Å². The lowest BCUT2D eigenvalue weighted by atomic mass is 9.64. The molecule has 2 atom stereocenters. The first kappa shape index (κ1) is 15.2. The molecule has 110 valence electrons. The first-order valence-electron chi connectivity index (χ1n) is 6.90. The van der Waals surface area contributed by atoms with E-state index in [2.05, 4.69) is 47.8 Å². The second-order valence-corrected chi connectivity index (χ2v) is 8.48. The molecule has 0 aromatic heterocycles. The van der Waals surface area contributed by atoms with Crippen molar-refractivity contribution in [3.63, 3.8) is 0 Å². The van der Waals surface area contributed by atoms with Gasteiger partial charge in [-0.15, -0.1) is 0 Å². The summed E-state index contributed by atoms with van der Waals surface area (Å²) in [5.41, 5.74) is 0.353. The van der Waals surface area contributed by atoms with Crippen molar-refractivity contribution in [2.45, 2.75) is 43.0 Å². The maximum absolute atomic E-state index is 6.31. The Labute approximate surface area is 145 Å². The van der Waals surface area contributed by atoms with Crippen molar-refractivity contribution in [3.8, 4) is 11.5 Å². The second-order valence-electron chi connectivity index (χ2n) is 5.67. The van der Waals surface area contributed by atoms with Gasteiger partial charge in [-0.1, -0.05) is 28.8 Å². The molecule has 2 unspecified atom stereocenters. The zero-order chi connectivity index (χ0) is 14.3. The van der Waals surface area contributed by atoms with Crippen molar-refractivity contribution in [1.82, 2.24) is 0 Å². The van der Waals surface area contributed by atoms with Crippen LogP contribution in [0.4, 0.5) is 0 Å². The van der Waals surface area contributed by atoms with Crippen LogP contribution in [-0.2, 0) is 0 Å². The fourth-order valence-corrected chi connectivity index (χ4v) is 5.44. The molecule has 5 heteroatoms. The maximum atomic E-state index is 6.31. The predicted molar refractivity (Wildman–Crippen MR) is 91.0 cm³/mol. The normalized spacial score (nSPS) is 27.4. The van der Waals surface area contributed by atoms with Gasteiger partial charge in [0, 0.05) is 10.2 Å². The number of ether oxygens (including phenoxy) is 2. The summed E-state index contributed by atoms with van der Waals surface area (Å²) in [4.78, 5) is 0.614. The van der Waals surface area contributed by atoms with E-state index < -0.39 is 0 Å². The van der Waals surface area contributed by atoms with Crippen LogP contribution in [0.1, 0.15) is 32.1 Å². The molecule has 20 heavy (non-hydrogen) atoms. The van der Waals surface area contributed by atoms with Crippen LogP contribution in [0.5, 0.6) is 11.5 Å². The quantitative estimate of drug-likeness (QED) is 0.530. The van der Waals surface area contributed by atoms with Gasteiger partial charge in [0.2, 0.25) is 0 Å². The van der Waals surface area contributed by atoms with Gasteiger partial charge in [-0.3, -0.25) is 0 Å². The molecule has 2 saturated carbocycles. The molecule has 3 rings (SSSR count). The summed E-state index contributed by atoms with van der Waals surface area (Å²) in [6.07, 6.45) is 6.64. The highest BCUT2D eigenvalue weighted by Gasteiger charge is 2.56. The summed E-state index contributed by atoms with van der Waals surface area (Å²) in [6.45, 7) is 0. The highest BCUT2D eigenvalue weighted by Crippen LogP contribution is 2.58. The van der Waals surface area contributed by atoms with Crippen LogP contribution >= 0.6 is 47.8 Å². The van der Waals surface area contributed by atoms with E-state index in [9.17, 15) is 0 Å². The molecular weight excluding hydrogens is 452 g/mol. The molecule has 0 heterocycles. The van der Waals surface area contributed by atoms with Crippen LogP contribution in [0.2, 0.25) is 0 Å². The second kappa shape index (κ2) is 5.81. The number of benzene rings is 1. The fraction of sp³-hybridized carbons (Fsp3) is 0.600. The van der Waals surface area contributed by atoms with Gasteiger partial charge in [0.25, 0.3) is 0 Å². The average Bonchev–Trinajstić information content (AvgIpc) is 2.94. The summed E-state index contributed by atoms with van der Waals surface area (Å²) in [5.74, 6) is 1.71. The van der Waals surface area contributed by atoms with Gasteiger partial charge < -0.3 is 9.47 Å². The largest absolute Gasteiger partial charge is 0.496 e. The summed E-state index contributed by atoms with van der Waals surface area (Å²) in [7, 11) is 1.67. The van der Waals surface area contributed by atoms with Crippen LogP contribution in [0.3, 0.4) is 0 Å².